The average Bonchev–Trinajstić information content (AvgIpc) is 2.34. The maximum absolute atomic E-state index is 10.4. The molecule has 3 atom stereocenters. The van der Waals surface area contributed by atoms with Gasteiger partial charge in [0.15, 0.2) is 0 Å². The van der Waals surface area contributed by atoms with Crippen molar-refractivity contribution in [3.05, 3.63) is 36.0 Å². The van der Waals surface area contributed by atoms with E-state index >= 15 is 0 Å². The molecule has 2 heteroatoms. The third kappa shape index (κ3) is 1.90. The number of hydrogen-bond donors (Lipinski definition) is 2. The van der Waals surface area contributed by atoms with Gasteiger partial charge in [0.05, 0.1) is 6.61 Å². The van der Waals surface area contributed by atoms with Gasteiger partial charge in [0.2, 0.25) is 0 Å². The molecule has 0 aliphatic heterocycles. The number of aliphatic hydroxyl groups is 2. The second-order valence-electron chi connectivity index (χ2n) is 5.74. The van der Waals surface area contributed by atoms with Crippen LogP contribution in [0.5, 0.6) is 0 Å². The van der Waals surface area contributed by atoms with Crippen LogP contribution in [0.3, 0.4) is 0 Å². The maximum atomic E-state index is 10.4. The van der Waals surface area contributed by atoms with Gasteiger partial charge in [0.25, 0.3) is 0 Å². The van der Waals surface area contributed by atoms with Crippen LogP contribution in [0.15, 0.2) is 36.0 Å². The van der Waals surface area contributed by atoms with Crippen LogP contribution < -0.4 is 0 Å². The first-order chi connectivity index (χ1) is 8.02. The van der Waals surface area contributed by atoms with Crippen molar-refractivity contribution in [3.63, 3.8) is 0 Å². The molecule has 0 radical (unpaired) electrons. The number of rotatable bonds is 4. The van der Waals surface area contributed by atoms with Gasteiger partial charge in [-0.3, -0.25) is 0 Å². The summed E-state index contributed by atoms with van der Waals surface area (Å²) in [6.07, 6.45) is 7.13. The minimum atomic E-state index is -0.592. The van der Waals surface area contributed by atoms with Crippen LogP contribution in [0.2, 0.25) is 0 Å². The number of hydrogen-bond acceptors (Lipinski definition) is 2. The lowest BCUT2D eigenvalue weighted by Crippen LogP contribution is -2.50. The molecule has 3 aliphatic carbocycles. The molecule has 3 rings (SSSR count). The van der Waals surface area contributed by atoms with Gasteiger partial charge in [-0.2, -0.15) is 0 Å². The lowest BCUT2D eigenvalue weighted by molar-refractivity contribution is -0.0182. The van der Waals surface area contributed by atoms with Crippen molar-refractivity contribution in [2.75, 3.05) is 6.61 Å². The van der Waals surface area contributed by atoms with Gasteiger partial charge in [-0.1, -0.05) is 38.7 Å². The van der Waals surface area contributed by atoms with Crippen LogP contribution in [0.25, 0.3) is 0 Å². The van der Waals surface area contributed by atoms with Crippen LogP contribution in [0.1, 0.15) is 26.7 Å². The Balaban J connectivity index is 2.21. The molecule has 0 spiro atoms. The fraction of sp³-hybridized carbons (Fsp3) is 0.600. The van der Waals surface area contributed by atoms with Gasteiger partial charge >= 0.3 is 0 Å². The Bertz CT molecular complexity index is 376. The topological polar surface area (TPSA) is 40.5 Å². The molecular formula is C15H22O2. The predicted molar refractivity (Wildman–Crippen MR) is 69.5 cm³/mol. The zero-order valence-corrected chi connectivity index (χ0v) is 10.7. The minimum absolute atomic E-state index is 0.0532. The molecule has 1 saturated carbocycles. The molecule has 1 fully saturated rings. The van der Waals surface area contributed by atoms with E-state index in [-0.39, 0.29) is 6.61 Å². The van der Waals surface area contributed by atoms with E-state index in [1.165, 1.54) is 6.42 Å². The fourth-order valence-electron chi connectivity index (χ4n) is 3.31. The van der Waals surface area contributed by atoms with Crippen LogP contribution in [0, 0.1) is 17.3 Å². The molecule has 3 unspecified atom stereocenters. The standard InChI is InChI=1S/C15H22O2/c1-4-10(7-8-16)14(17)12-6-5-11-9-13(12)15(11,2)3/h4,6-7,11,13-14,16-17H,1,5,8-9H2,2-3H3/b10-7+. The van der Waals surface area contributed by atoms with Crippen molar-refractivity contribution in [3.8, 4) is 0 Å². The fourth-order valence-corrected chi connectivity index (χ4v) is 3.31. The Kier molecular flexibility index (Phi) is 3.28. The Morgan fingerprint density at radius 3 is 2.82 bits per heavy atom. The summed E-state index contributed by atoms with van der Waals surface area (Å²) in [6.45, 7) is 8.22. The highest BCUT2D eigenvalue weighted by Gasteiger charge is 2.52. The monoisotopic (exact) mass is 234 g/mol. The van der Waals surface area contributed by atoms with E-state index in [0.29, 0.717) is 11.3 Å². The Hall–Kier alpha value is -0.860. The summed E-state index contributed by atoms with van der Waals surface area (Å²) < 4.78 is 0. The van der Waals surface area contributed by atoms with Gasteiger partial charge in [-0.15, -0.1) is 0 Å². The zero-order valence-electron chi connectivity index (χ0n) is 10.7. The molecule has 0 saturated heterocycles. The summed E-state index contributed by atoms with van der Waals surface area (Å²) in [6, 6.07) is 0. The Morgan fingerprint density at radius 2 is 2.35 bits per heavy atom. The first kappa shape index (κ1) is 12.6. The third-order valence-electron chi connectivity index (χ3n) is 4.71. The molecule has 0 aromatic carbocycles. The molecule has 0 heterocycles. The summed E-state index contributed by atoms with van der Waals surface area (Å²) in [5.74, 6) is 1.26. The highest BCUT2D eigenvalue weighted by atomic mass is 16.3. The molecule has 2 nitrogen and oxygen atoms in total. The summed E-state index contributed by atoms with van der Waals surface area (Å²) in [7, 11) is 0. The molecular weight excluding hydrogens is 212 g/mol. The van der Waals surface area contributed by atoms with Crippen molar-refractivity contribution >= 4 is 0 Å². The highest BCUT2D eigenvalue weighted by molar-refractivity contribution is 5.36. The normalized spacial score (nSPS) is 32.5. The van der Waals surface area contributed by atoms with Crippen LogP contribution in [0.4, 0.5) is 0 Å². The largest absolute Gasteiger partial charge is 0.392 e. The number of allylic oxidation sites excluding steroid dienone is 1. The van der Waals surface area contributed by atoms with Gasteiger partial charge in [0.1, 0.15) is 6.10 Å². The summed E-state index contributed by atoms with van der Waals surface area (Å²) >= 11 is 0. The average molecular weight is 234 g/mol. The number of fused-ring (bicyclic) bond motifs is 1. The first-order valence-electron chi connectivity index (χ1n) is 6.33. The molecule has 0 aromatic rings. The predicted octanol–water partition coefficient (Wildman–Crippen LogP) is 2.44. The number of aliphatic hydroxyl groups excluding tert-OH is 2. The van der Waals surface area contributed by atoms with E-state index in [0.717, 1.165) is 23.5 Å². The second-order valence-corrected chi connectivity index (χ2v) is 5.74. The smallest absolute Gasteiger partial charge is 0.100 e. The SMILES string of the molecule is C=C/C(=C\CO)C(O)C1=CCC2CC1C2(C)C. The maximum Gasteiger partial charge on any atom is 0.100 e. The van der Waals surface area contributed by atoms with E-state index in [4.69, 9.17) is 5.11 Å². The molecule has 0 aromatic heterocycles. The first-order valence-corrected chi connectivity index (χ1v) is 6.33. The van der Waals surface area contributed by atoms with Crippen molar-refractivity contribution in [2.24, 2.45) is 17.3 Å². The van der Waals surface area contributed by atoms with Gasteiger partial charge in [0, 0.05) is 0 Å². The molecule has 3 aliphatic rings. The van der Waals surface area contributed by atoms with Crippen LogP contribution in [-0.2, 0) is 0 Å². The van der Waals surface area contributed by atoms with Crippen molar-refractivity contribution in [1.29, 1.82) is 0 Å². The summed E-state index contributed by atoms with van der Waals surface area (Å²) in [4.78, 5) is 0. The summed E-state index contributed by atoms with van der Waals surface area (Å²) in [5, 5.41) is 19.3. The van der Waals surface area contributed by atoms with Gasteiger partial charge in [-0.05, 0) is 41.2 Å². The van der Waals surface area contributed by atoms with E-state index in [9.17, 15) is 5.11 Å². The molecule has 17 heavy (non-hydrogen) atoms. The van der Waals surface area contributed by atoms with Gasteiger partial charge < -0.3 is 10.2 Å². The van der Waals surface area contributed by atoms with E-state index in [1.54, 1.807) is 12.2 Å². The molecule has 94 valence electrons. The van der Waals surface area contributed by atoms with Crippen molar-refractivity contribution < 1.29 is 10.2 Å². The zero-order chi connectivity index (χ0) is 12.6. The van der Waals surface area contributed by atoms with Crippen molar-refractivity contribution in [1.82, 2.24) is 0 Å². The molecule has 2 bridgehead atoms. The van der Waals surface area contributed by atoms with Crippen LogP contribution >= 0.6 is 0 Å². The Morgan fingerprint density at radius 1 is 1.65 bits per heavy atom. The molecule has 2 N–H and O–H groups in total. The second kappa shape index (κ2) is 4.43. The minimum Gasteiger partial charge on any atom is -0.392 e. The Labute approximate surface area is 103 Å². The molecule has 0 amide bonds. The van der Waals surface area contributed by atoms with Crippen molar-refractivity contribution in [2.45, 2.75) is 32.8 Å². The van der Waals surface area contributed by atoms with E-state index < -0.39 is 6.10 Å². The van der Waals surface area contributed by atoms with E-state index in [2.05, 4.69) is 26.5 Å². The van der Waals surface area contributed by atoms with Crippen LogP contribution in [-0.4, -0.2) is 22.9 Å². The summed E-state index contributed by atoms with van der Waals surface area (Å²) in [5.41, 5.74) is 2.16. The lowest BCUT2D eigenvalue weighted by atomic mass is 9.48. The quantitative estimate of drug-likeness (QED) is 0.579. The van der Waals surface area contributed by atoms with Gasteiger partial charge in [-0.25, -0.2) is 0 Å². The van der Waals surface area contributed by atoms with E-state index in [1.807, 2.05) is 0 Å². The third-order valence-corrected chi connectivity index (χ3v) is 4.71. The highest BCUT2D eigenvalue weighted by Crippen LogP contribution is 2.60. The lowest BCUT2D eigenvalue weighted by Gasteiger charge is -2.57.